The third-order valence-electron chi connectivity index (χ3n) is 3.82. The van der Waals surface area contributed by atoms with Crippen LogP contribution in [0.1, 0.15) is 28.8 Å². The Morgan fingerprint density at radius 1 is 0.810 bits per heavy atom. The van der Waals surface area contributed by atoms with Gasteiger partial charge in [0.1, 0.15) is 0 Å². The number of Topliss-reactive ketones (excluding diaryl/α,β-unsaturated/α-hetero) is 1. The van der Waals surface area contributed by atoms with Crippen LogP contribution in [0.4, 0.5) is 0 Å². The van der Waals surface area contributed by atoms with Crippen molar-refractivity contribution in [2.75, 3.05) is 13.1 Å². The molecule has 0 aromatic heterocycles. The molecule has 1 saturated heterocycles. The summed E-state index contributed by atoms with van der Waals surface area (Å²) >= 11 is 0. The van der Waals surface area contributed by atoms with E-state index in [2.05, 4.69) is 4.90 Å². The fraction of sp³-hybridized carbons (Fsp3) is 0.211. The normalized spacial score (nSPS) is 15.2. The second-order valence-corrected chi connectivity index (χ2v) is 5.35. The molecule has 2 aromatic rings. The van der Waals surface area contributed by atoms with Gasteiger partial charge in [-0.2, -0.15) is 0 Å². The van der Waals surface area contributed by atoms with Crippen LogP contribution in [0.25, 0.3) is 5.57 Å². The highest BCUT2D eigenvalue weighted by Crippen LogP contribution is 2.22. The summed E-state index contributed by atoms with van der Waals surface area (Å²) in [5.41, 5.74) is 2.51. The van der Waals surface area contributed by atoms with E-state index in [4.69, 9.17) is 0 Å². The molecule has 0 atom stereocenters. The van der Waals surface area contributed by atoms with E-state index >= 15 is 0 Å². The molecule has 3 rings (SSSR count). The van der Waals surface area contributed by atoms with E-state index in [1.54, 1.807) is 0 Å². The highest BCUT2D eigenvalue weighted by atomic mass is 16.1. The van der Waals surface area contributed by atoms with Crippen molar-refractivity contribution in [3.63, 3.8) is 0 Å². The first-order valence-electron chi connectivity index (χ1n) is 7.45. The van der Waals surface area contributed by atoms with E-state index in [0.717, 1.165) is 29.8 Å². The van der Waals surface area contributed by atoms with Crippen molar-refractivity contribution in [3.8, 4) is 0 Å². The number of likely N-dealkylation sites (tertiary alicyclic amines) is 1. The Balaban J connectivity index is 1.98. The molecule has 106 valence electrons. The summed E-state index contributed by atoms with van der Waals surface area (Å²) in [5.74, 6) is 0.0914. The lowest BCUT2D eigenvalue weighted by molar-refractivity contribution is 0.105. The van der Waals surface area contributed by atoms with Gasteiger partial charge in [0, 0.05) is 30.4 Å². The van der Waals surface area contributed by atoms with Crippen molar-refractivity contribution in [2.24, 2.45) is 0 Å². The highest BCUT2D eigenvalue weighted by molar-refractivity contribution is 6.28. The molecule has 0 radical (unpaired) electrons. The standard InChI is InChI=1S/C19H19NO/c21-19(17-11-5-2-6-12-17)18(15-20-13-7-8-14-20)16-9-3-1-4-10-16/h1-6,9-12,15H,7-8,13-14H2. The number of rotatable bonds is 4. The quantitative estimate of drug-likeness (QED) is 0.622. The van der Waals surface area contributed by atoms with E-state index in [9.17, 15) is 4.79 Å². The molecule has 0 aliphatic carbocycles. The Hall–Kier alpha value is -2.35. The third kappa shape index (κ3) is 3.22. The first-order chi connectivity index (χ1) is 10.3. The Morgan fingerprint density at radius 3 is 1.90 bits per heavy atom. The minimum atomic E-state index is 0.0914. The molecule has 1 aliphatic rings. The van der Waals surface area contributed by atoms with Crippen LogP contribution in [-0.2, 0) is 0 Å². The van der Waals surface area contributed by atoms with Gasteiger partial charge in [-0.1, -0.05) is 60.7 Å². The minimum Gasteiger partial charge on any atom is -0.377 e. The van der Waals surface area contributed by atoms with Crippen molar-refractivity contribution >= 4 is 11.4 Å². The molecule has 0 saturated carbocycles. The van der Waals surface area contributed by atoms with E-state index < -0.39 is 0 Å². The van der Waals surface area contributed by atoms with E-state index in [1.165, 1.54) is 12.8 Å². The van der Waals surface area contributed by atoms with Crippen LogP contribution < -0.4 is 0 Å². The maximum atomic E-state index is 12.8. The molecule has 2 heteroatoms. The zero-order valence-electron chi connectivity index (χ0n) is 12.0. The Bertz CT molecular complexity index is 625. The number of benzene rings is 2. The predicted molar refractivity (Wildman–Crippen MR) is 86.0 cm³/mol. The molecule has 0 bridgehead atoms. The SMILES string of the molecule is O=C(C(=CN1CCCC1)c1ccccc1)c1ccccc1. The van der Waals surface area contributed by atoms with Gasteiger partial charge in [0.25, 0.3) is 0 Å². The van der Waals surface area contributed by atoms with Gasteiger partial charge in [-0.15, -0.1) is 0 Å². The summed E-state index contributed by atoms with van der Waals surface area (Å²) in [6, 6.07) is 19.4. The molecule has 0 N–H and O–H groups in total. The second-order valence-electron chi connectivity index (χ2n) is 5.35. The highest BCUT2D eigenvalue weighted by Gasteiger charge is 2.17. The summed E-state index contributed by atoms with van der Waals surface area (Å²) in [4.78, 5) is 15.1. The lowest BCUT2D eigenvalue weighted by Crippen LogP contribution is -2.14. The molecule has 21 heavy (non-hydrogen) atoms. The molecule has 1 fully saturated rings. The number of ketones is 1. The van der Waals surface area contributed by atoms with Crippen LogP contribution in [0.3, 0.4) is 0 Å². The van der Waals surface area contributed by atoms with Gasteiger partial charge in [0.15, 0.2) is 5.78 Å². The second kappa shape index (κ2) is 6.40. The number of nitrogens with zero attached hydrogens (tertiary/aromatic N) is 1. The van der Waals surface area contributed by atoms with Crippen molar-refractivity contribution in [1.82, 2.24) is 4.90 Å². The van der Waals surface area contributed by atoms with Crippen LogP contribution in [0.5, 0.6) is 0 Å². The zero-order chi connectivity index (χ0) is 14.5. The molecular formula is C19H19NO. The van der Waals surface area contributed by atoms with Crippen LogP contribution >= 0.6 is 0 Å². The Morgan fingerprint density at radius 2 is 1.33 bits per heavy atom. The minimum absolute atomic E-state index is 0.0914. The van der Waals surface area contributed by atoms with Gasteiger partial charge in [-0.25, -0.2) is 0 Å². The van der Waals surface area contributed by atoms with Crippen molar-refractivity contribution in [2.45, 2.75) is 12.8 Å². The Labute approximate surface area is 125 Å². The predicted octanol–water partition coefficient (Wildman–Crippen LogP) is 4.01. The number of carbonyl (C=O) groups excluding carboxylic acids is 1. The molecule has 0 spiro atoms. The Kier molecular flexibility index (Phi) is 4.15. The van der Waals surface area contributed by atoms with Crippen LogP contribution in [0.15, 0.2) is 66.9 Å². The van der Waals surface area contributed by atoms with Crippen molar-refractivity contribution in [3.05, 3.63) is 78.0 Å². The van der Waals surface area contributed by atoms with Gasteiger partial charge in [-0.3, -0.25) is 4.79 Å². The van der Waals surface area contributed by atoms with E-state index in [-0.39, 0.29) is 5.78 Å². The van der Waals surface area contributed by atoms with Crippen molar-refractivity contribution < 1.29 is 4.79 Å². The summed E-state index contributed by atoms with van der Waals surface area (Å²) < 4.78 is 0. The van der Waals surface area contributed by atoms with Gasteiger partial charge in [0.2, 0.25) is 0 Å². The fourth-order valence-electron chi connectivity index (χ4n) is 2.68. The van der Waals surface area contributed by atoms with Crippen LogP contribution in [0, 0.1) is 0 Å². The number of carbonyl (C=O) groups is 1. The maximum Gasteiger partial charge on any atom is 0.195 e. The first kappa shape index (κ1) is 13.6. The molecule has 2 aromatic carbocycles. The molecule has 1 aliphatic heterocycles. The zero-order valence-corrected chi connectivity index (χ0v) is 12.0. The molecule has 0 amide bonds. The smallest absolute Gasteiger partial charge is 0.195 e. The summed E-state index contributed by atoms with van der Waals surface area (Å²) in [6.07, 6.45) is 4.45. The summed E-state index contributed by atoms with van der Waals surface area (Å²) in [6.45, 7) is 2.08. The third-order valence-corrected chi connectivity index (χ3v) is 3.82. The lowest BCUT2D eigenvalue weighted by Gasteiger charge is -2.15. The molecule has 0 unspecified atom stereocenters. The van der Waals surface area contributed by atoms with Crippen LogP contribution in [-0.4, -0.2) is 23.8 Å². The van der Waals surface area contributed by atoms with Crippen LogP contribution in [0.2, 0.25) is 0 Å². The van der Waals surface area contributed by atoms with E-state index in [1.807, 2.05) is 66.9 Å². The average Bonchev–Trinajstić information content (AvgIpc) is 3.07. The molecule has 2 nitrogen and oxygen atoms in total. The number of hydrogen-bond acceptors (Lipinski definition) is 2. The lowest BCUT2D eigenvalue weighted by atomic mass is 9.97. The van der Waals surface area contributed by atoms with Gasteiger partial charge >= 0.3 is 0 Å². The first-order valence-corrected chi connectivity index (χ1v) is 7.45. The largest absolute Gasteiger partial charge is 0.377 e. The van der Waals surface area contributed by atoms with Gasteiger partial charge < -0.3 is 4.90 Å². The van der Waals surface area contributed by atoms with Gasteiger partial charge in [-0.05, 0) is 18.4 Å². The maximum absolute atomic E-state index is 12.8. The number of allylic oxidation sites excluding steroid dienone is 1. The number of hydrogen-bond donors (Lipinski definition) is 0. The average molecular weight is 277 g/mol. The van der Waals surface area contributed by atoms with Gasteiger partial charge in [0.05, 0.1) is 0 Å². The molecule has 1 heterocycles. The van der Waals surface area contributed by atoms with Crippen molar-refractivity contribution in [1.29, 1.82) is 0 Å². The monoisotopic (exact) mass is 277 g/mol. The fourth-order valence-corrected chi connectivity index (χ4v) is 2.68. The topological polar surface area (TPSA) is 20.3 Å². The summed E-state index contributed by atoms with van der Waals surface area (Å²) in [5, 5.41) is 0. The molecular weight excluding hydrogens is 258 g/mol. The van der Waals surface area contributed by atoms with E-state index in [0.29, 0.717) is 0 Å². The summed E-state index contributed by atoms with van der Waals surface area (Å²) in [7, 11) is 0.